The topological polar surface area (TPSA) is 34.4 Å². The summed E-state index contributed by atoms with van der Waals surface area (Å²) in [6.07, 6.45) is 0.222. The number of rotatable bonds is 6. The van der Waals surface area contributed by atoms with Crippen molar-refractivity contribution in [2.24, 2.45) is 0 Å². The highest BCUT2D eigenvalue weighted by Crippen LogP contribution is 2.27. The molecular formula is C16H23NO2. The van der Waals surface area contributed by atoms with Crippen LogP contribution < -0.4 is 5.32 Å². The van der Waals surface area contributed by atoms with Crippen LogP contribution in [0.5, 0.6) is 0 Å². The third-order valence-corrected chi connectivity index (χ3v) is 3.01. The number of nitrogens with one attached hydrogen (secondary N) is 1. The minimum Gasteiger partial charge on any atom is -0.459 e. The monoisotopic (exact) mass is 261 g/mol. The van der Waals surface area contributed by atoms with Crippen molar-refractivity contribution in [3.63, 3.8) is 0 Å². The predicted octanol–water partition coefficient (Wildman–Crippen LogP) is 3.86. The van der Waals surface area contributed by atoms with Crippen LogP contribution in [0.3, 0.4) is 0 Å². The van der Waals surface area contributed by atoms with Crippen molar-refractivity contribution in [3.05, 3.63) is 35.6 Å². The Morgan fingerprint density at radius 2 is 1.89 bits per heavy atom. The summed E-state index contributed by atoms with van der Waals surface area (Å²) in [7, 11) is 0. The van der Waals surface area contributed by atoms with Gasteiger partial charge in [0.15, 0.2) is 0 Å². The molecule has 0 aliphatic carbocycles. The van der Waals surface area contributed by atoms with Crippen LogP contribution in [0.15, 0.2) is 28.7 Å². The lowest BCUT2D eigenvalue weighted by molar-refractivity contribution is 0.0653. The van der Waals surface area contributed by atoms with Crippen molar-refractivity contribution < 1.29 is 9.15 Å². The summed E-state index contributed by atoms with van der Waals surface area (Å²) in [4.78, 5) is 0. The highest BCUT2D eigenvalue weighted by Gasteiger charge is 2.14. The first-order valence-electron chi connectivity index (χ1n) is 6.92. The van der Waals surface area contributed by atoms with Gasteiger partial charge in [-0.1, -0.05) is 32.0 Å². The standard InChI is InChI=1S/C16H23NO2/c1-11(2)17-9-16-14(10-18-12(3)4)13-7-5-6-8-15(13)19-16/h5-8,11-12,17H,9-10H2,1-4H3. The average Bonchev–Trinajstić information content (AvgIpc) is 2.71. The van der Waals surface area contributed by atoms with Gasteiger partial charge in [-0.15, -0.1) is 0 Å². The molecule has 0 fully saturated rings. The molecule has 0 amide bonds. The lowest BCUT2D eigenvalue weighted by Crippen LogP contribution is -2.22. The van der Waals surface area contributed by atoms with Crippen LogP contribution >= 0.6 is 0 Å². The van der Waals surface area contributed by atoms with E-state index >= 15 is 0 Å². The number of hydrogen-bond acceptors (Lipinski definition) is 3. The van der Waals surface area contributed by atoms with E-state index in [0.717, 1.165) is 28.8 Å². The van der Waals surface area contributed by atoms with Crippen molar-refractivity contribution >= 4 is 11.0 Å². The van der Waals surface area contributed by atoms with Gasteiger partial charge in [-0.05, 0) is 19.9 Å². The molecule has 1 heterocycles. The fourth-order valence-corrected chi connectivity index (χ4v) is 2.00. The minimum atomic E-state index is 0.222. The van der Waals surface area contributed by atoms with Crippen LogP contribution in [-0.2, 0) is 17.9 Å². The zero-order valence-corrected chi connectivity index (χ0v) is 12.2. The van der Waals surface area contributed by atoms with Crippen LogP contribution in [0.1, 0.15) is 39.0 Å². The molecule has 0 aliphatic heterocycles. The van der Waals surface area contributed by atoms with Gasteiger partial charge in [-0.2, -0.15) is 0 Å². The fraction of sp³-hybridized carbons (Fsp3) is 0.500. The molecule has 0 atom stereocenters. The molecule has 1 aromatic carbocycles. The van der Waals surface area contributed by atoms with Crippen molar-refractivity contribution in [3.8, 4) is 0 Å². The largest absolute Gasteiger partial charge is 0.459 e. The summed E-state index contributed by atoms with van der Waals surface area (Å²) >= 11 is 0. The van der Waals surface area contributed by atoms with Gasteiger partial charge in [0.2, 0.25) is 0 Å². The van der Waals surface area contributed by atoms with Gasteiger partial charge >= 0.3 is 0 Å². The van der Waals surface area contributed by atoms with Crippen LogP contribution in [0.25, 0.3) is 11.0 Å². The summed E-state index contributed by atoms with van der Waals surface area (Å²) in [6, 6.07) is 8.57. The van der Waals surface area contributed by atoms with Crippen molar-refractivity contribution in [2.45, 2.75) is 53.0 Å². The molecule has 3 heteroatoms. The van der Waals surface area contributed by atoms with Gasteiger partial charge in [0, 0.05) is 17.0 Å². The Morgan fingerprint density at radius 1 is 1.16 bits per heavy atom. The molecule has 3 nitrogen and oxygen atoms in total. The molecule has 0 spiro atoms. The molecule has 0 bridgehead atoms. The third kappa shape index (κ3) is 3.58. The minimum absolute atomic E-state index is 0.222. The van der Waals surface area contributed by atoms with Crippen molar-refractivity contribution in [1.82, 2.24) is 5.32 Å². The number of hydrogen-bond donors (Lipinski definition) is 1. The average molecular weight is 261 g/mol. The van der Waals surface area contributed by atoms with Gasteiger partial charge in [0.1, 0.15) is 11.3 Å². The molecular weight excluding hydrogens is 238 g/mol. The lowest BCUT2D eigenvalue weighted by atomic mass is 10.1. The van der Waals surface area contributed by atoms with E-state index in [1.54, 1.807) is 0 Å². The van der Waals surface area contributed by atoms with E-state index in [1.165, 1.54) is 0 Å². The second-order valence-electron chi connectivity index (χ2n) is 5.40. The summed E-state index contributed by atoms with van der Waals surface area (Å²) in [5.41, 5.74) is 2.10. The molecule has 0 radical (unpaired) electrons. The van der Waals surface area contributed by atoms with Gasteiger partial charge < -0.3 is 14.5 Å². The summed E-state index contributed by atoms with van der Waals surface area (Å²) in [5.74, 6) is 0.982. The Hall–Kier alpha value is -1.32. The lowest BCUT2D eigenvalue weighted by Gasteiger charge is -2.10. The van der Waals surface area contributed by atoms with Gasteiger partial charge in [-0.25, -0.2) is 0 Å². The highest BCUT2D eigenvalue weighted by molar-refractivity contribution is 5.82. The van der Waals surface area contributed by atoms with E-state index in [-0.39, 0.29) is 6.10 Å². The Morgan fingerprint density at radius 3 is 2.58 bits per heavy atom. The van der Waals surface area contributed by atoms with Crippen LogP contribution in [0, 0.1) is 0 Å². The first kappa shape index (κ1) is 14.1. The predicted molar refractivity (Wildman–Crippen MR) is 78.1 cm³/mol. The van der Waals surface area contributed by atoms with Crippen LogP contribution in [0.2, 0.25) is 0 Å². The molecule has 19 heavy (non-hydrogen) atoms. The molecule has 0 saturated heterocycles. The maximum Gasteiger partial charge on any atom is 0.134 e. The smallest absolute Gasteiger partial charge is 0.134 e. The van der Waals surface area contributed by atoms with Crippen LogP contribution in [0.4, 0.5) is 0 Å². The molecule has 0 unspecified atom stereocenters. The first-order valence-corrected chi connectivity index (χ1v) is 6.92. The Labute approximate surface area is 114 Å². The summed E-state index contributed by atoms with van der Waals surface area (Å²) in [5, 5.41) is 4.56. The number of benzene rings is 1. The Kier molecular flexibility index (Phi) is 4.61. The fourth-order valence-electron chi connectivity index (χ4n) is 2.00. The Balaban J connectivity index is 2.28. The van der Waals surface area contributed by atoms with E-state index < -0.39 is 0 Å². The van der Waals surface area contributed by atoms with E-state index in [1.807, 2.05) is 32.0 Å². The number of para-hydroxylation sites is 1. The van der Waals surface area contributed by atoms with Crippen LogP contribution in [-0.4, -0.2) is 12.1 Å². The molecule has 0 aliphatic rings. The number of fused-ring (bicyclic) bond motifs is 1. The maximum atomic E-state index is 5.94. The van der Waals surface area contributed by atoms with E-state index in [0.29, 0.717) is 12.6 Å². The number of ether oxygens (including phenoxy) is 1. The zero-order chi connectivity index (χ0) is 13.8. The zero-order valence-electron chi connectivity index (χ0n) is 12.2. The normalized spacial score (nSPS) is 11.9. The Bertz CT molecular complexity index is 529. The maximum absolute atomic E-state index is 5.94. The quantitative estimate of drug-likeness (QED) is 0.857. The molecule has 2 aromatic rings. The second-order valence-corrected chi connectivity index (χ2v) is 5.40. The summed E-state index contributed by atoms with van der Waals surface area (Å²) < 4.78 is 11.7. The SMILES string of the molecule is CC(C)NCc1oc2ccccc2c1COC(C)C. The van der Waals surface area contributed by atoms with E-state index in [9.17, 15) is 0 Å². The molecule has 0 saturated carbocycles. The third-order valence-electron chi connectivity index (χ3n) is 3.01. The second kappa shape index (κ2) is 6.22. The highest BCUT2D eigenvalue weighted by atomic mass is 16.5. The first-order chi connectivity index (χ1) is 9.08. The van der Waals surface area contributed by atoms with Crippen molar-refractivity contribution in [2.75, 3.05) is 0 Å². The van der Waals surface area contributed by atoms with Gasteiger partial charge in [0.05, 0.1) is 19.3 Å². The van der Waals surface area contributed by atoms with Gasteiger partial charge in [-0.3, -0.25) is 0 Å². The van der Waals surface area contributed by atoms with Crippen molar-refractivity contribution in [1.29, 1.82) is 0 Å². The van der Waals surface area contributed by atoms with E-state index in [2.05, 4.69) is 25.2 Å². The molecule has 1 N–H and O–H groups in total. The van der Waals surface area contributed by atoms with Gasteiger partial charge in [0.25, 0.3) is 0 Å². The number of furan rings is 1. The summed E-state index contributed by atoms with van der Waals surface area (Å²) in [6.45, 7) is 9.70. The molecule has 2 rings (SSSR count). The molecule has 104 valence electrons. The van der Waals surface area contributed by atoms with E-state index in [4.69, 9.17) is 9.15 Å². The molecule has 1 aromatic heterocycles.